The second-order valence-electron chi connectivity index (χ2n) is 48.3. The highest BCUT2D eigenvalue weighted by Gasteiger charge is 2.60. The van der Waals surface area contributed by atoms with Gasteiger partial charge in [0.15, 0.2) is 0 Å². The summed E-state index contributed by atoms with van der Waals surface area (Å²) in [7, 11) is 1.35. The molecule has 860 valence electrons. The molecule has 0 aliphatic carbocycles. The molecule has 4 aliphatic rings. The van der Waals surface area contributed by atoms with Crippen LogP contribution >= 0.6 is 0 Å². The second-order valence-corrected chi connectivity index (χ2v) is 48.3. The van der Waals surface area contributed by atoms with E-state index in [0.29, 0.717) is 25.7 Å². The first-order valence-corrected chi connectivity index (χ1v) is 62.3. The van der Waals surface area contributed by atoms with E-state index in [-0.39, 0.29) is 135 Å². The Balaban J connectivity index is 0.000000355. The van der Waals surface area contributed by atoms with Crippen molar-refractivity contribution < 1.29 is 62.2 Å². The maximum absolute atomic E-state index is 13.0. The molecular formula is C133H230N4O13. The Labute approximate surface area is 921 Å². The average Bonchev–Trinajstić information content (AvgIpc) is 0.751. The van der Waals surface area contributed by atoms with Crippen molar-refractivity contribution in [1.82, 2.24) is 20.3 Å². The molecular weight excluding hydrogens is 1860 g/mol. The number of hydroxylamine groups is 8. The minimum Gasteiger partial charge on any atom is -0.462 e. The summed E-state index contributed by atoms with van der Waals surface area (Å²) in [5, 5.41) is 9.03. The summed E-state index contributed by atoms with van der Waals surface area (Å²) in [6, 6.07) is 41.6. The van der Waals surface area contributed by atoms with Crippen molar-refractivity contribution in [3.8, 4) is 0 Å². The summed E-state index contributed by atoms with van der Waals surface area (Å²) in [6.07, 6.45) is 66.4. The van der Waals surface area contributed by atoms with Gasteiger partial charge in [0, 0.05) is 113 Å². The number of esters is 3. The van der Waals surface area contributed by atoms with Gasteiger partial charge in [-0.25, -0.2) is 4.79 Å². The molecule has 4 aromatic rings. The predicted molar refractivity (Wildman–Crippen MR) is 628 cm³/mol. The first-order valence-electron chi connectivity index (χ1n) is 62.3. The van der Waals surface area contributed by atoms with Crippen molar-refractivity contribution in [2.45, 2.75) is 646 Å². The van der Waals surface area contributed by atoms with Crippen LogP contribution in [0.4, 0.5) is 4.79 Å². The van der Waals surface area contributed by atoms with Crippen LogP contribution in [0, 0.1) is 23.7 Å². The lowest BCUT2D eigenvalue weighted by Gasteiger charge is -2.59. The molecule has 0 radical (unpaired) electrons. The maximum Gasteiger partial charge on any atom is 0.508 e. The first kappa shape index (κ1) is 135. The van der Waals surface area contributed by atoms with Gasteiger partial charge in [0.05, 0.1) is 7.11 Å². The molecule has 4 aromatic carbocycles. The third kappa shape index (κ3) is 43.2. The number of carbonyl (C=O) groups is 4. The normalized spacial score (nSPS) is 27.0. The van der Waals surface area contributed by atoms with E-state index in [1.165, 1.54) is 255 Å². The van der Waals surface area contributed by atoms with Crippen molar-refractivity contribution in [3.05, 3.63) is 144 Å². The Kier molecular flexibility index (Phi) is 64.9. The Bertz CT molecular complexity index is 4150. The van der Waals surface area contributed by atoms with E-state index in [0.717, 1.165) is 115 Å². The number of methoxy groups -OCH3 is 1. The van der Waals surface area contributed by atoms with E-state index in [1.54, 1.807) is 0 Å². The monoisotopic (exact) mass is 2090 g/mol. The van der Waals surface area contributed by atoms with Crippen molar-refractivity contribution in [3.63, 3.8) is 0 Å². The quantitative estimate of drug-likeness (QED) is 0.0233. The predicted octanol–water partition coefficient (Wildman–Crippen LogP) is 38.9. The molecule has 4 saturated heterocycles. The zero-order valence-corrected chi connectivity index (χ0v) is 102. The highest BCUT2D eigenvalue weighted by atomic mass is 16.7. The molecule has 8 rings (SSSR count). The van der Waals surface area contributed by atoms with E-state index in [9.17, 15) is 19.2 Å². The van der Waals surface area contributed by atoms with E-state index >= 15 is 0 Å². The number of unbranched alkanes of at least 4 members (excludes halogenated alkanes) is 39. The number of rotatable bonds is 69. The summed E-state index contributed by atoms with van der Waals surface area (Å²) < 4.78 is 29.1. The molecule has 0 saturated carbocycles. The fourth-order valence-corrected chi connectivity index (χ4v) is 24.2. The minimum atomic E-state index is -0.615. The fourth-order valence-electron chi connectivity index (χ4n) is 24.2. The minimum absolute atomic E-state index is 0.0227. The molecule has 0 aromatic heterocycles. The molecule has 0 N–H and O–H groups in total. The molecule has 20 unspecified atom stereocenters. The Hall–Kier alpha value is -5.76. The van der Waals surface area contributed by atoms with Gasteiger partial charge in [-0.3, -0.25) is 33.7 Å². The summed E-state index contributed by atoms with van der Waals surface area (Å²) in [5.74, 6) is 0.560. The Morgan fingerprint density at radius 2 is 0.407 bits per heavy atom. The van der Waals surface area contributed by atoms with Gasteiger partial charge in [-0.05, 0) is 176 Å². The average molecular weight is 2090 g/mol. The molecule has 4 aliphatic heterocycles. The lowest BCUT2D eigenvalue weighted by Crippen LogP contribution is -2.68. The summed E-state index contributed by atoms with van der Waals surface area (Å²) in [4.78, 5) is 77.5. The number of ether oxygens (including phenoxy) is 5. The molecule has 4 fully saturated rings. The fraction of sp³-hybridized carbons (Fsp3) is 0.789. The van der Waals surface area contributed by atoms with E-state index in [2.05, 4.69) is 292 Å². The van der Waals surface area contributed by atoms with Crippen LogP contribution in [0.25, 0.3) is 0 Å². The van der Waals surface area contributed by atoms with Crippen LogP contribution in [-0.2, 0) is 57.4 Å². The molecule has 4 heterocycles. The summed E-state index contributed by atoms with van der Waals surface area (Å²) in [6.45, 7) is 60.0. The lowest BCUT2D eigenvalue weighted by molar-refractivity contribution is -0.336. The standard InChI is InChI=1S/C38H67NO3.C37H65NO3.C36H63NO3.C22H35NO4/c1-8-11-12-13-14-15-16-17-18-19-20-21-22-23-27-30-36(40)41-35-31-37(6,9-2)39(38(7,10-3)32(35)4)42-33(5)34-28-25-24-26-29-34;1-8-11-12-13-14-15-16-17-18-19-20-21-22-26-29-35(39)40-34-30-36(6,9-2)38(37(7,10-3)31(34)4)41-32(5)33-27-24-23-25-28-33;1-8-11-12-13-14-15-16-17-18-19-20-21-25-28-34(38)39-33-29-35(6,9-2)37(36(7,10-3)30(33)4)40-31(5)32-26-23-22-24-27-32;1-8-21(5)15-19(26-20(24)25-7)16(3)22(6,9-2)23(21)27-17(4)18-13-11-10-12-14-18/h24-26,28-29,32-33,35H,8-23,27,30-31H2,1-7H3;23-25,27-28,31-32,34H,8-22,26,29-30H2,1-7H3;22-24,26-27,30-31,33H,8-21,25,28-29H2,1-7H3;10-14,16-17,19H,8-9,15H2,1-7H3. The number of nitrogens with zero attached hydrogens (tertiary/aromatic N) is 4. The zero-order chi connectivity index (χ0) is 111. The van der Waals surface area contributed by atoms with Crippen LogP contribution in [0.2, 0.25) is 0 Å². The highest BCUT2D eigenvalue weighted by Crippen LogP contribution is 2.54. The van der Waals surface area contributed by atoms with Crippen LogP contribution in [0.15, 0.2) is 121 Å². The van der Waals surface area contributed by atoms with Crippen LogP contribution in [0.3, 0.4) is 0 Å². The van der Waals surface area contributed by atoms with Crippen LogP contribution in [0.1, 0.15) is 600 Å². The van der Waals surface area contributed by atoms with Gasteiger partial charge in [0.1, 0.15) is 48.8 Å². The van der Waals surface area contributed by atoms with Crippen molar-refractivity contribution >= 4 is 24.1 Å². The van der Waals surface area contributed by atoms with Crippen molar-refractivity contribution in [1.29, 1.82) is 0 Å². The number of benzene rings is 4. The third-order valence-electron chi connectivity index (χ3n) is 37.0. The first-order chi connectivity index (χ1) is 71.9. The number of piperidine rings is 4. The van der Waals surface area contributed by atoms with Crippen molar-refractivity contribution in [2.75, 3.05) is 7.11 Å². The molecule has 17 heteroatoms. The molecule has 150 heavy (non-hydrogen) atoms. The highest BCUT2D eigenvalue weighted by molar-refractivity contribution is 5.70. The van der Waals surface area contributed by atoms with Crippen molar-refractivity contribution in [2.24, 2.45) is 23.7 Å². The van der Waals surface area contributed by atoms with Gasteiger partial charge in [-0.2, -0.15) is 20.3 Å². The SMILES string of the molecule is CCC1(C)CC(OC(=O)OC)C(C)C(C)(CC)N1OC(C)c1ccccc1.CCCCCCCCCCCCCCCC(=O)OC1CC(C)(CC)N(OC(C)c2ccccc2)C(C)(CC)C1C.CCCCCCCCCCCCCCCCC(=O)OC1CC(C)(CC)N(OC(C)c2ccccc2)C(C)(CC)C1C.CCCCCCCCCCCCCCCCCC(=O)OC1CC(C)(CC)N(OC(C)c2ccccc2)C(C)(CC)C1C. The molecule has 0 bridgehead atoms. The smallest absolute Gasteiger partial charge is 0.462 e. The molecule has 20 atom stereocenters. The van der Waals surface area contributed by atoms with Crippen LogP contribution in [0.5, 0.6) is 0 Å². The van der Waals surface area contributed by atoms with Gasteiger partial charge >= 0.3 is 24.1 Å². The largest absolute Gasteiger partial charge is 0.508 e. The van der Waals surface area contributed by atoms with Gasteiger partial charge in [-0.15, -0.1) is 0 Å². The topological polar surface area (TPSA) is 164 Å². The molecule has 0 spiro atoms. The zero-order valence-electron chi connectivity index (χ0n) is 102. The van der Waals surface area contributed by atoms with Gasteiger partial charge in [0.2, 0.25) is 0 Å². The third-order valence-corrected chi connectivity index (χ3v) is 37.0. The van der Waals surface area contributed by atoms with Gasteiger partial charge in [-0.1, -0.05) is 476 Å². The lowest BCUT2D eigenvalue weighted by atomic mass is 9.69. The summed E-state index contributed by atoms with van der Waals surface area (Å²) in [5.41, 5.74) is 2.85. The van der Waals surface area contributed by atoms with Crippen LogP contribution < -0.4 is 0 Å². The number of carbonyl (C=O) groups excluding carboxylic acids is 4. The second kappa shape index (κ2) is 72.3. The van der Waals surface area contributed by atoms with Crippen LogP contribution in [-0.4, -0.2) is 120 Å². The number of hydrogen-bond donors (Lipinski definition) is 0. The number of hydrogen-bond acceptors (Lipinski definition) is 17. The molecule has 0 amide bonds. The Morgan fingerprint density at radius 3 is 0.560 bits per heavy atom. The van der Waals surface area contributed by atoms with E-state index in [4.69, 9.17) is 43.0 Å². The Morgan fingerprint density at radius 1 is 0.247 bits per heavy atom. The summed E-state index contributed by atoms with van der Waals surface area (Å²) >= 11 is 0. The molecule has 17 nitrogen and oxygen atoms in total. The van der Waals surface area contributed by atoms with E-state index < -0.39 is 6.16 Å². The maximum atomic E-state index is 13.0. The van der Waals surface area contributed by atoms with Gasteiger partial charge in [0.25, 0.3) is 0 Å². The van der Waals surface area contributed by atoms with Gasteiger partial charge < -0.3 is 23.7 Å². The van der Waals surface area contributed by atoms with E-state index in [1.807, 2.05) is 36.4 Å².